The van der Waals surface area contributed by atoms with Crippen LogP contribution in [-0.2, 0) is 0 Å². The minimum atomic E-state index is -4.07. The Morgan fingerprint density at radius 3 is 2.47 bits per heavy atom. The van der Waals surface area contributed by atoms with Crippen LogP contribution < -0.4 is 5.73 Å². The minimum absolute atomic E-state index is 0.0241. The molecule has 0 aromatic carbocycles. The Balaban J connectivity index is 2.45. The summed E-state index contributed by atoms with van der Waals surface area (Å²) in [4.78, 5) is 1.79. The monoisotopic (exact) mass is 252 g/mol. The van der Waals surface area contributed by atoms with Gasteiger partial charge in [0.1, 0.15) is 0 Å². The van der Waals surface area contributed by atoms with Gasteiger partial charge in [0.2, 0.25) is 0 Å². The lowest BCUT2D eigenvalue weighted by Crippen LogP contribution is -2.50. The van der Waals surface area contributed by atoms with Crippen LogP contribution >= 0.6 is 0 Å². The third-order valence-corrected chi connectivity index (χ3v) is 3.87. The highest BCUT2D eigenvalue weighted by atomic mass is 19.4. The Kier molecular flexibility index (Phi) is 5.25. The highest BCUT2D eigenvalue weighted by Crippen LogP contribution is 2.29. The van der Waals surface area contributed by atoms with E-state index in [1.807, 2.05) is 0 Å². The van der Waals surface area contributed by atoms with Gasteiger partial charge in [-0.15, -0.1) is 0 Å². The molecular weight excluding hydrogens is 229 g/mol. The number of rotatable bonds is 4. The summed E-state index contributed by atoms with van der Waals surface area (Å²) in [6.07, 6.45) is -0.746. The summed E-state index contributed by atoms with van der Waals surface area (Å²) in [5, 5.41) is 0. The van der Waals surface area contributed by atoms with Crippen LogP contribution in [0.15, 0.2) is 0 Å². The predicted octanol–water partition coefficient (Wildman–Crippen LogP) is 2.78. The summed E-state index contributed by atoms with van der Waals surface area (Å²) in [7, 11) is 1.76. The van der Waals surface area contributed by atoms with Crippen LogP contribution in [0, 0.1) is 5.92 Å². The first-order valence-corrected chi connectivity index (χ1v) is 6.36. The summed E-state index contributed by atoms with van der Waals surface area (Å²) in [5.41, 5.74) is 6.01. The van der Waals surface area contributed by atoms with Crippen LogP contribution in [0.3, 0.4) is 0 Å². The Labute approximate surface area is 101 Å². The fraction of sp³-hybridized carbons (Fsp3) is 1.00. The highest BCUT2D eigenvalue weighted by molar-refractivity contribution is 4.88. The first kappa shape index (κ1) is 14.8. The molecule has 0 aromatic heterocycles. The van der Waals surface area contributed by atoms with Crippen LogP contribution in [0.4, 0.5) is 13.2 Å². The van der Waals surface area contributed by atoms with E-state index >= 15 is 0 Å². The van der Waals surface area contributed by atoms with Crippen LogP contribution in [0.1, 0.15) is 39.0 Å². The van der Waals surface area contributed by atoms with Gasteiger partial charge in [0.15, 0.2) is 0 Å². The molecule has 2 nitrogen and oxygen atoms in total. The number of likely N-dealkylation sites (N-methyl/N-ethyl adjacent to an activating group) is 1. The van der Waals surface area contributed by atoms with Crippen LogP contribution in [0.5, 0.6) is 0 Å². The maximum Gasteiger partial charge on any atom is 0.390 e. The zero-order valence-electron chi connectivity index (χ0n) is 10.6. The number of hydrogen-bond donors (Lipinski definition) is 1. The Hall–Kier alpha value is -0.290. The number of hydrogen-bond acceptors (Lipinski definition) is 2. The van der Waals surface area contributed by atoms with Gasteiger partial charge >= 0.3 is 6.18 Å². The number of nitrogens with two attached hydrogens (primary N) is 1. The summed E-state index contributed by atoms with van der Waals surface area (Å²) >= 11 is 0. The molecule has 0 aromatic rings. The first-order chi connectivity index (χ1) is 7.83. The predicted molar refractivity (Wildman–Crippen MR) is 62.7 cm³/mol. The quantitative estimate of drug-likeness (QED) is 0.833. The minimum Gasteiger partial charge on any atom is -0.326 e. The number of halogens is 3. The fourth-order valence-electron chi connectivity index (χ4n) is 2.60. The lowest BCUT2D eigenvalue weighted by molar-refractivity contribution is -0.139. The van der Waals surface area contributed by atoms with E-state index in [2.05, 4.69) is 6.92 Å². The van der Waals surface area contributed by atoms with Gasteiger partial charge in [0.25, 0.3) is 0 Å². The average molecular weight is 252 g/mol. The van der Waals surface area contributed by atoms with Gasteiger partial charge in [-0.25, -0.2) is 0 Å². The molecule has 3 unspecified atom stereocenters. The lowest BCUT2D eigenvalue weighted by Gasteiger charge is -2.39. The van der Waals surface area contributed by atoms with Gasteiger partial charge in [-0.05, 0) is 32.2 Å². The maximum absolute atomic E-state index is 12.2. The van der Waals surface area contributed by atoms with Gasteiger partial charge < -0.3 is 10.6 Å². The molecule has 1 saturated carbocycles. The SMILES string of the molecule is CCC1CCC(N)C(N(C)CCC(F)(F)F)C1. The van der Waals surface area contributed by atoms with E-state index in [-0.39, 0.29) is 18.6 Å². The second-order valence-electron chi connectivity index (χ2n) is 5.16. The smallest absolute Gasteiger partial charge is 0.326 e. The molecule has 0 spiro atoms. The molecule has 2 N–H and O–H groups in total. The summed E-state index contributed by atoms with van der Waals surface area (Å²) in [5.74, 6) is 0.619. The van der Waals surface area contributed by atoms with E-state index in [4.69, 9.17) is 5.73 Å². The Morgan fingerprint density at radius 2 is 1.94 bits per heavy atom. The molecule has 1 rings (SSSR count). The molecule has 1 aliphatic rings. The molecule has 3 atom stereocenters. The Bertz CT molecular complexity index is 230. The fourth-order valence-corrected chi connectivity index (χ4v) is 2.60. The van der Waals surface area contributed by atoms with E-state index in [0.29, 0.717) is 5.92 Å². The zero-order chi connectivity index (χ0) is 13.1. The molecule has 1 fully saturated rings. The number of alkyl halides is 3. The molecule has 1 aliphatic carbocycles. The molecule has 17 heavy (non-hydrogen) atoms. The molecule has 5 heteroatoms. The average Bonchev–Trinajstić information content (AvgIpc) is 2.25. The maximum atomic E-state index is 12.2. The van der Waals surface area contributed by atoms with Crippen LogP contribution in [0.25, 0.3) is 0 Å². The van der Waals surface area contributed by atoms with E-state index in [1.165, 1.54) is 0 Å². The molecule has 0 saturated heterocycles. The van der Waals surface area contributed by atoms with Gasteiger partial charge in [-0.3, -0.25) is 0 Å². The summed E-state index contributed by atoms with van der Waals surface area (Å²) < 4.78 is 36.5. The lowest BCUT2D eigenvalue weighted by atomic mass is 9.81. The summed E-state index contributed by atoms with van der Waals surface area (Å²) in [6, 6.07) is 0.132. The molecular formula is C12H23F3N2. The van der Waals surface area contributed by atoms with Crippen LogP contribution in [0.2, 0.25) is 0 Å². The largest absolute Gasteiger partial charge is 0.390 e. The summed E-state index contributed by atoms with van der Waals surface area (Å²) in [6.45, 7) is 2.19. The third kappa shape index (κ3) is 4.84. The molecule has 0 amide bonds. The van der Waals surface area contributed by atoms with Crippen molar-refractivity contribution in [3.8, 4) is 0 Å². The third-order valence-electron chi connectivity index (χ3n) is 3.87. The van der Waals surface area contributed by atoms with Gasteiger partial charge in [0.05, 0.1) is 6.42 Å². The second kappa shape index (κ2) is 6.05. The van der Waals surface area contributed by atoms with Crippen molar-refractivity contribution in [1.29, 1.82) is 0 Å². The van der Waals surface area contributed by atoms with Crippen molar-refractivity contribution in [2.75, 3.05) is 13.6 Å². The van der Waals surface area contributed by atoms with E-state index in [9.17, 15) is 13.2 Å². The standard InChI is InChI=1S/C12H23F3N2/c1-3-9-4-5-10(16)11(8-9)17(2)7-6-12(13,14)15/h9-11H,3-8,16H2,1-2H3. The van der Waals surface area contributed by atoms with Gasteiger partial charge in [0, 0.05) is 18.6 Å². The highest BCUT2D eigenvalue weighted by Gasteiger charge is 2.33. The van der Waals surface area contributed by atoms with Crippen molar-refractivity contribution in [1.82, 2.24) is 4.90 Å². The zero-order valence-corrected chi connectivity index (χ0v) is 10.6. The van der Waals surface area contributed by atoms with Crippen molar-refractivity contribution < 1.29 is 13.2 Å². The normalized spacial score (nSPS) is 30.9. The van der Waals surface area contributed by atoms with Crippen molar-refractivity contribution in [2.24, 2.45) is 11.7 Å². The van der Waals surface area contributed by atoms with Crippen molar-refractivity contribution >= 4 is 0 Å². The molecule has 0 bridgehead atoms. The van der Waals surface area contributed by atoms with E-state index in [0.717, 1.165) is 25.7 Å². The molecule has 0 radical (unpaired) electrons. The molecule has 102 valence electrons. The molecule has 0 aliphatic heterocycles. The second-order valence-corrected chi connectivity index (χ2v) is 5.16. The van der Waals surface area contributed by atoms with Crippen molar-refractivity contribution in [3.05, 3.63) is 0 Å². The first-order valence-electron chi connectivity index (χ1n) is 6.36. The topological polar surface area (TPSA) is 29.3 Å². The Morgan fingerprint density at radius 1 is 1.29 bits per heavy atom. The van der Waals surface area contributed by atoms with Crippen molar-refractivity contribution in [2.45, 2.75) is 57.3 Å². The number of nitrogens with zero attached hydrogens (tertiary/aromatic N) is 1. The van der Waals surface area contributed by atoms with E-state index < -0.39 is 12.6 Å². The molecule has 0 heterocycles. The van der Waals surface area contributed by atoms with Crippen molar-refractivity contribution in [3.63, 3.8) is 0 Å². The van der Waals surface area contributed by atoms with Gasteiger partial charge in [-0.2, -0.15) is 13.2 Å². The van der Waals surface area contributed by atoms with E-state index in [1.54, 1.807) is 11.9 Å². The van der Waals surface area contributed by atoms with Gasteiger partial charge in [-0.1, -0.05) is 13.3 Å². The van der Waals surface area contributed by atoms with Crippen LogP contribution in [-0.4, -0.2) is 36.8 Å².